The molecule has 2 heterocycles. The average Bonchev–Trinajstić information content (AvgIpc) is 2.82. The van der Waals surface area contributed by atoms with Crippen molar-refractivity contribution < 1.29 is 0 Å². The monoisotopic (exact) mass is 234 g/mol. The summed E-state index contributed by atoms with van der Waals surface area (Å²) in [4.78, 5) is 8.11. The van der Waals surface area contributed by atoms with Crippen molar-refractivity contribution in [2.24, 2.45) is 5.92 Å². The highest BCUT2D eigenvalue weighted by Gasteiger charge is 2.15. The molecule has 0 saturated carbocycles. The normalized spacial score (nSPS) is 12.1. The van der Waals surface area contributed by atoms with Crippen LogP contribution in [0.3, 0.4) is 0 Å². The first-order valence-corrected chi connectivity index (χ1v) is 6.57. The Hall–Kier alpha value is -1.32. The number of rotatable bonds is 5. The predicted molar refractivity (Wildman–Crippen MR) is 70.0 cm³/mol. The molecule has 0 aromatic carbocycles. The van der Waals surface area contributed by atoms with Gasteiger partial charge < -0.3 is 4.98 Å². The second-order valence-corrected chi connectivity index (χ2v) is 5.09. The van der Waals surface area contributed by atoms with Gasteiger partial charge in [0.25, 0.3) is 0 Å². The Kier molecular flexibility index (Phi) is 3.50. The number of nitrogens with zero attached hydrogens (tertiary/aromatic N) is 3. The first-order valence-electron chi connectivity index (χ1n) is 6.57. The van der Waals surface area contributed by atoms with Gasteiger partial charge in [0.05, 0.1) is 6.20 Å². The van der Waals surface area contributed by atoms with Gasteiger partial charge in [-0.25, -0.2) is 9.67 Å². The number of hydrogen-bond donors (Lipinski definition) is 1. The summed E-state index contributed by atoms with van der Waals surface area (Å²) in [5.41, 5.74) is 2.06. The molecule has 2 rings (SSSR count). The summed E-state index contributed by atoms with van der Waals surface area (Å²) in [6.07, 6.45) is 4.14. The van der Waals surface area contributed by atoms with Crippen molar-refractivity contribution in [3.63, 3.8) is 0 Å². The lowest BCUT2D eigenvalue weighted by Gasteiger charge is -2.08. The van der Waals surface area contributed by atoms with Crippen LogP contribution >= 0.6 is 0 Å². The van der Waals surface area contributed by atoms with Crippen LogP contribution in [0, 0.1) is 5.92 Å². The molecule has 0 aliphatic heterocycles. The van der Waals surface area contributed by atoms with Gasteiger partial charge in [-0.05, 0) is 18.8 Å². The molecule has 0 unspecified atom stereocenters. The number of H-pyrrole nitrogens is 1. The SMILES string of the molecule is CCC(CC)c1nc2c(cnn2CC(C)C)[nH]1. The lowest BCUT2D eigenvalue weighted by Crippen LogP contribution is -2.06. The van der Waals surface area contributed by atoms with Crippen LogP contribution in [0.4, 0.5) is 0 Å². The zero-order valence-electron chi connectivity index (χ0n) is 11.2. The van der Waals surface area contributed by atoms with E-state index in [1.165, 1.54) is 0 Å². The van der Waals surface area contributed by atoms with Crippen molar-refractivity contribution in [1.29, 1.82) is 0 Å². The van der Waals surface area contributed by atoms with Crippen molar-refractivity contribution in [3.8, 4) is 0 Å². The average molecular weight is 234 g/mol. The molecule has 0 amide bonds. The molecule has 0 spiro atoms. The fraction of sp³-hybridized carbons (Fsp3) is 0.692. The minimum atomic E-state index is 0.537. The molecule has 0 fully saturated rings. The number of fused-ring (bicyclic) bond motifs is 1. The number of imidazole rings is 1. The van der Waals surface area contributed by atoms with E-state index in [-0.39, 0.29) is 0 Å². The van der Waals surface area contributed by atoms with E-state index < -0.39 is 0 Å². The largest absolute Gasteiger partial charge is 0.339 e. The summed E-state index contributed by atoms with van der Waals surface area (Å²) in [5, 5.41) is 4.37. The number of aromatic amines is 1. The maximum Gasteiger partial charge on any atom is 0.176 e. The lowest BCUT2D eigenvalue weighted by atomic mass is 10.0. The summed E-state index contributed by atoms with van der Waals surface area (Å²) >= 11 is 0. The van der Waals surface area contributed by atoms with Crippen molar-refractivity contribution in [1.82, 2.24) is 19.7 Å². The molecule has 17 heavy (non-hydrogen) atoms. The molecule has 4 heteroatoms. The van der Waals surface area contributed by atoms with E-state index in [0.29, 0.717) is 11.8 Å². The van der Waals surface area contributed by atoms with Crippen LogP contribution in [0.2, 0.25) is 0 Å². The fourth-order valence-electron chi connectivity index (χ4n) is 2.21. The van der Waals surface area contributed by atoms with Gasteiger partial charge in [-0.1, -0.05) is 27.7 Å². The van der Waals surface area contributed by atoms with Gasteiger partial charge in [0.1, 0.15) is 11.3 Å². The van der Waals surface area contributed by atoms with Crippen LogP contribution in [0.5, 0.6) is 0 Å². The standard InChI is InChI=1S/C13H22N4/c1-5-10(6-2)12-15-11-7-14-17(8-9(3)4)13(11)16-12/h7,9-10H,5-6,8H2,1-4H3,(H,15,16). The van der Waals surface area contributed by atoms with Crippen LogP contribution in [-0.4, -0.2) is 19.7 Å². The Morgan fingerprint density at radius 1 is 1.29 bits per heavy atom. The van der Waals surface area contributed by atoms with Crippen molar-refractivity contribution in [2.45, 2.75) is 53.0 Å². The van der Waals surface area contributed by atoms with E-state index in [1.54, 1.807) is 0 Å². The Balaban J connectivity index is 2.34. The first kappa shape index (κ1) is 12.1. The smallest absolute Gasteiger partial charge is 0.176 e. The third-order valence-electron chi connectivity index (χ3n) is 3.21. The van der Waals surface area contributed by atoms with Crippen molar-refractivity contribution >= 4 is 11.2 Å². The summed E-state index contributed by atoms with van der Waals surface area (Å²) in [5.74, 6) is 2.24. The van der Waals surface area contributed by atoms with Gasteiger partial charge in [-0.15, -0.1) is 0 Å². The third kappa shape index (κ3) is 2.35. The second-order valence-electron chi connectivity index (χ2n) is 5.09. The van der Waals surface area contributed by atoms with E-state index in [2.05, 4.69) is 37.8 Å². The van der Waals surface area contributed by atoms with Crippen LogP contribution < -0.4 is 0 Å². The molecular formula is C13H22N4. The Morgan fingerprint density at radius 2 is 2.00 bits per heavy atom. The molecule has 0 saturated heterocycles. The summed E-state index contributed by atoms with van der Waals surface area (Å²) < 4.78 is 2.00. The summed E-state index contributed by atoms with van der Waals surface area (Å²) in [7, 11) is 0. The highest BCUT2D eigenvalue weighted by atomic mass is 15.3. The van der Waals surface area contributed by atoms with Crippen LogP contribution in [0.15, 0.2) is 6.20 Å². The van der Waals surface area contributed by atoms with Gasteiger partial charge in [0.15, 0.2) is 5.65 Å². The molecule has 0 aliphatic carbocycles. The number of hydrogen-bond acceptors (Lipinski definition) is 2. The highest BCUT2D eigenvalue weighted by Crippen LogP contribution is 2.23. The predicted octanol–water partition coefficient (Wildman–Crippen LogP) is 3.32. The zero-order valence-corrected chi connectivity index (χ0v) is 11.2. The minimum Gasteiger partial charge on any atom is -0.339 e. The Bertz CT molecular complexity index is 477. The fourth-order valence-corrected chi connectivity index (χ4v) is 2.21. The molecule has 2 aromatic heterocycles. The number of aromatic nitrogens is 4. The van der Waals surface area contributed by atoms with E-state index in [4.69, 9.17) is 4.98 Å². The van der Waals surface area contributed by atoms with E-state index in [1.807, 2.05) is 10.9 Å². The molecular weight excluding hydrogens is 212 g/mol. The molecule has 0 bridgehead atoms. The molecule has 4 nitrogen and oxygen atoms in total. The summed E-state index contributed by atoms with van der Waals surface area (Å²) in [6.45, 7) is 9.74. The van der Waals surface area contributed by atoms with E-state index >= 15 is 0 Å². The van der Waals surface area contributed by atoms with Gasteiger partial charge in [-0.3, -0.25) is 0 Å². The zero-order chi connectivity index (χ0) is 12.4. The highest BCUT2D eigenvalue weighted by molar-refractivity contribution is 5.70. The van der Waals surface area contributed by atoms with Gasteiger partial charge in [-0.2, -0.15) is 5.10 Å². The van der Waals surface area contributed by atoms with Gasteiger partial charge in [0.2, 0.25) is 0 Å². The van der Waals surface area contributed by atoms with Crippen LogP contribution in [0.1, 0.15) is 52.3 Å². The topological polar surface area (TPSA) is 46.5 Å². The molecule has 94 valence electrons. The molecule has 0 aliphatic rings. The van der Waals surface area contributed by atoms with E-state index in [9.17, 15) is 0 Å². The maximum atomic E-state index is 4.71. The third-order valence-corrected chi connectivity index (χ3v) is 3.21. The maximum absolute atomic E-state index is 4.71. The molecule has 0 atom stereocenters. The first-order chi connectivity index (χ1) is 8.15. The lowest BCUT2D eigenvalue weighted by molar-refractivity contribution is 0.491. The Labute approximate surface area is 102 Å². The quantitative estimate of drug-likeness (QED) is 0.862. The summed E-state index contributed by atoms with van der Waals surface area (Å²) in [6, 6.07) is 0. The van der Waals surface area contributed by atoms with Crippen molar-refractivity contribution in [2.75, 3.05) is 0 Å². The molecule has 0 radical (unpaired) electrons. The second kappa shape index (κ2) is 4.90. The molecule has 2 aromatic rings. The van der Waals surface area contributed by atoms with E-state index in [0.717, 1.165) is 36.4 Å². The van der Waals surface area contributed by atoms with Crippen molar-refractivity contribution in [3.05, 3.63) is 12.0 Å². The van der Waals surface area contributed by atoms with Crippen LogP contribution in [-0.2, 0) is 6.54 Å². The Morgan fingerprint density at radius 3 is 2.59 bits per heavy atom. The molecule has 1 N–H and O–H groups in total. The minimum absolute atomic E-state index is 0.537. The van der Waals surface area contributed by atoms with Gasteiger partial charge >= 0.3 is 0 Å². The van der Waals surface area contributed by atoms with Gasteiger partial charge in [0, 0.05) is 12.5 Å². The van der Waals surface area contributed by atoms with Crippen LogP contribution in [0.25, 0.3) is 11.2 Å². The number of nitrogens with one attached hydrogen (secondary N) is 1.